The van der Waals surface area contributed by atoms with Crippen molar-refractivity contribution in [3.8, 4) is 5.69 Å². The molecule has 35 heavy (non-hydrogen) atoms. The van der Waals surface area contributed by atoms with Gasteiger partial charge in [-0.3, -0.25) is 9.59 Å². The normalized spacial score (nSPS) is 11.2. The molecule has 174 valence electrons. The monoisotopic (exact) mass is 459 g/mol. The fourth-order valence-electron chi connectivity index (χ4n) is 4.87. The summed E-state index contributed by atoms with van der Waals surface area (Å²) in [5.74, 6) is 0.0164. The number of hydrogen-bond acceptors (Lipinski definition) is 2. The second-order valence-electron chi connectivity index (χ2n) is 9.13. The van der Waals surface area contributed by atoms with Crippen molar-refractivity contribution in [3.63, 3.8) is 0 Å². The summed E-state index contributed by atoms with van der Waals surface area (Å²) in [7, 11) is 0. The van der Waals surface area contributed by atoms with Crippen molar-refractivity contribution in [2.75, 3.05) is 0 Å². The van der Waals surface area contributed by atoms with Gasteiger partial charge in [-0.2, -0.15) is 0 Å². The lowest BCUT2D eigenvalue weighted by Crippen LogP contribution is -2.02. The fourth-order valence-corrected chi connectivity index (χ4v) is 4.87. The first-order valence-corrected chi connectivity index (χ1v) is 12.4. The Labute approximate surface area is 206 Å². The Morgan fingerprint density at radius 3 is 2.14 bits per heavy atom. The number of rotatable bonds is 9. The zero-order chi connectivity index (χ0) is 24.2. The third-order valence-corrected chi connectivity index (χ3v) is 6.73. The van der Waals surface area contributed by atoms with Crippen LogP contribution in [0.5, 0.6) is 0 Å². The minimum atomic E-state index is 0.0164. The topological polar surface area (TPSA) is 39.1 Å². The zero-order valence-electron chi connectivity index (χ0n) is 20.0. The van der Waals surface area contributed by atoms with Gasteiger partial charge in [0.05, 0.1) is 11.0 Å². The molecule has 0 saturated carbocycles. The first-order chi connectivity index (χ1) is 17.2. The molecule has 0 fully saturated rings. The molecule has 0 aliphatic rings. The SMILES string of the molecule is CCCCCCc1ccc2c(c1)c1cc(C=O)ccc1n2-c1ccc(C(=O)c2ccccc2)cc1. The molecule has 0 unspecified atom stereocenters. The molecular formula is C32H29NO2. The maximum Gasteiger partial charge on any atom is 0.193 e. The summed E-state index contributed by atoms with van der Waals surface area (Å²) in [5.41, 5.74) is 6.49. The number of nitrogens with zero attached hydrogens (tertiary/aromatic N) is 1. The highest BCUT2D eigenvalue weighted by atomic mass is 16.1. The van der Waals surface area contributed by atoms with E-state index in [1.807, 2.05) is 72.8 Å². The molecule has 3 heteroatoms. The fraction of sp³-hybridized carbons (Fsp3) is 0.188. The average Bonchev–Trinajstić information content (AvgIpc) is 3.24. The van der Waals surface area contributed by atoms with Crippen LogP contribution in [-0.2, 0) is 6.42 Å². The van der Waals surface area contributed by atoms with E-state index < -0.39 is 0 Å². The van der Waals surface area contributed by atoms with Gasteiger partial charge in [-0.1, -0.05) is 62.6 Å². The van der Waals surface area contributed by atoms with Crippen LogP contribution in [0, 0.1) is 0 Å². The highest BCUT2D eigenvalue weighted by Crippen LogP contribution is 2.33. The zero-order valence-corrected chi connectivity index (χ0v) is 20.0. The molecule has 5 rings (SSSR count). The number of carbonyl (C=O) groups is 2. The Kier molecular flexibility index (Phi) is 6.58. The van der Waals surface area contributed by atoms with Crippen LogP contribution >= 0.6 is 0 Å². The van der Waals surface area contributed by atoms with Gasteiger partial charge in [0, 0.05) is 33.2 Å². The molecule has 1 heterocycles. The molecule has 0 atom stereocenters. The van der Waals surface area contributed by atoms with E-state index in [-0.39, 0.29) is 5.78 Å². The summed E-state index contributed by atoms with van der Waals surface area (Å²) in [6, 6.07) is 29.7. The van der Waals surface area contributed by atoms with Crippen LogP contribution < -0.4 is 0 Å². The Morgan fingerprint density at radius 1 is 0.743 bits per heavy atom. The van der Waals surface area contributed by atoms with E-state index in [1.54, 1.807) is 0 Å². The van der Waals surface area contributed by atoms with Gasteiger partial charge >= 0.3 is 0 Å². The van der Waals surface area contributed by atoms with E-state index in [2.05, 4.69) is 29.7 Å². The molecule has 0 bridgehead atoms. The van der Waals surface area contributed by atoms with Gasteiger partial charge in [-0.15, -0.1) is 0 Å². The molecule has 3 nitrogen and oxygen atoms in total. The largest absolute Gasteiger partial charge is 0.309 e. The van der Waals surface area contributed by atoms with Crippen molar-refractivity contribution >= 4 is 33.9 Å². The van der Waals surface area contributed by atoms with Gasteiger partial charge in [0.1, 0.15) is 6.29 Å². The van der Waals surface area contributed by atoms with Crippen LogP contribution in [0.2, 0.25) is 0 Å². The molecule has 0 saturated heterocycles. The lowest BCUT2D eigenvalue weighted by Gasteiger charge is -2.09. The number of unbranched alkanes of at least 4 members (excludes halogenated alkanes) is 3. The lowest BCUT2D eigenvalue weighted by atomic mass is 10.0. The molecule has 0 N–H and O–H groups in total. The third kappa shape index (κ3) is 4.54. The number of benzene rings is 4. The number of aldehydes is 1. The maximum absolute atomic E-state index is 12.9. The van der Waals surface area contributed by atoms with Gasteiger partial charge in [0.2, 0.25) is 0 Å². The summed E-state index contributed by atoms with van der Waals surface area (Å²) in [5, 5.41) is 2.23. The molecule has 0 aliphatic heterocycles. The molecule has 0 radical (unpaired) electrons. The smallest absolute Gasteiger partial charge is 0.193 e. The minimum absolute atomic E-state index is 0.0164. The average molecular weight is 460 g/mol. The summed E-state index contributed by atoms with van der Waals surface area (Å²) >= 11 is 0. The second kappa shape index (κ2) is 10.1. The van der Waals surface area contributed by atoms with E-state index in [9.17, 15) is 9.59 Å². The Bertz CT molecular complexity index is 1490. The molecule has 5 aromatic rings. The molecule has 4 aromatic carbocycles. The molecular weight excluding hydrogens is 430 g/mol. The van der Waals surface area contributed by atoms with Gasteiger partial charge in [0.15, 0.2) is 5.78 Å². The Morgan fingerprint density at radius 2 is 1.43 bits per heavy atom. The number of hydrogen-bond donors (Lipinski definition) is 0. The number of carbonyl (C=O) groups excluding carboxylic acids is 2. The first-order valence-electron chi connectivity index (χ1n) is 12.4. The molecule has 0 spiro atoms. The van der Waals surface area contributed by atoms with E-state index in [4.69, 9.17) is 0 Å². The lowest BCUT2D eigenvalue weighted by molar-refractivity contribution is 0.103. The number of aryl methyl sites for hydroxylation is 1. The quantitative estimate of drug-likeness (QED) is 0.127. The highest BCUT2D eigenvalue weighted by Gasteiger charge is 2.15. The number of ketones is 1. The molecule has 0 amide bonds. The first kappa shape index (κ1) is 22.8. The van der Waals surface area contributed by atoms with Gasteiger partial charge in [-0.05, 0) is 73.0 Å². The third-order valence-electron chi connectivity index (χ3n) is 6.73. The Hall–Kier alpha value is -3.98. The summed E-state index contributed by atoms with van der Waals surface area (Å²) < 4.78 is 2.22. The van der Waals surface area contributed by atoms with Crippen molar-refractivity contribution in [2.45, 2.75) is 39.0 Å². The number of fused-ring (bicyclic) bond motifs is 3. The van der Waals surface area contributed by atoms with Crippen molar-refractivity contribution in [2.24, 2.45) is 0 Å². The van der Waals surface area contributed by atoms with Crippen LogP contribution in [0.3, 0.4) is 0 Å². The van der Waals surface area contributed by atoms with Gasteiger partial charge in [-0.25, -0.2) is 0 Å². The van der Waals surface area contributed by atoms with E-state index in [1.165, 1.54) is 31.2 Å². The van der Waals surface area contributed by atoms with Gasteiger partial charge < -0.3 is 4.57 Å². The van der Waals surface area contributed by atoms with Crippen molar-refractivity contribution in [1.82, 2.24) is 4.57 Å². The summed E-state index contributed by atoms with van der Waals surface area (Å²) in [6.45, 7) is 2.23. The number of aromatic nitrogens is 1. The minimum Gasteiger partial charge on any atom is -0.309 e. The van der Waals surface area contributed by atoms with E-state index >= 15 is 0 Å². The molecule has 0 aliphatic carbocycles. The standard InChI is InChI=1S/C32H29NO2/c1-2-3-4-6-9-23-12-18-30-28(20-23)29-21-24(22-34)13-19-31(29)33(30)27-16-14-26(15-17-27)32(35)25-10-7-5-8-11-25/h5,7-8,10-22H,2-4,6,9H2,1H3. The summed E-state index contributed by atoms with van der Waals surface area (Å²) in [6.07, 6.45) is 6.91. The van der Waals surface area contributed by atoms with Crippen LogP contribution in [0.25, 0.3) is 27.5 Å². The molecule has 1 aromatic heterocycles. The van der Waals surface area contributed by atoms with Crippen LogP contribution in [-0.4, -0.2) is 16.6 Å². The van der Waals surface area contributed by atoms with Crippen LogP contribution in [0.1, 0.15) is 64.4 Å². The van der Waals surface area contributed by atoms with Crippen molar-refractivity contribution in [3.05, 3.63) is 113 Å². The predicted molar refractivity (Wildman–Crippen MR) is 144 cm³/mol. The van der Waals surface area contributed by atoms with Crippen LogP contribution in [0.4, 0.5) is 0 Å². The highest BCUT2D eigenvalue weighted by molar-refractivity contribution is 6.11. The summed E-state index contributed by atoms with van der Waals surface area (Å²) in [4.78, 5) is 24.4. The van der Waals surface area contributed by atoms with Crippen molar-refractivity contribution < 1.29 is 9.59 Å². The van der Waals surface area contributed by atoms with Crippen molar-refractivity contribution in [1.29, 1.82) is 0 Å². The Balaban J connectivity index is 1.57. The van der Waals surface area contributed by atoms with E-state index in [0.29, 0.717) is 16.7 Å². The maximum atomic E-state index is 12.9. The van der Waals surface area contributed by atoms with E-state index in [0.717, 1.165) is 40.2 Å². The van der Waals surface area contributed by atoms with Crippen LogP contribution in [0.15, 0.2) is 91.0 Å². The van der Waals surface area contributed by atoms with Gasteiger partial charge in [0.25, 0.3) is 0 Å². The predicted octanol–water partition coefficient (Wildman–Crippen LogP) is 7.95. The second-order valence-corrected chi connectivity index (χ2v) is 9.13.